The van der Waals surface area contributed by atoms with E-state index in [0.717, 1.165) is 16.9 Å². The number of methoxy groups -OCH3 is 1. The number of ether oxygens (including phenoxy) is 1. The molecule has 0 spiro atoms. The van der Waals surface area contributed by atoms with Gasteiger partial charge in [-0.05, 0) is 30.7 Å². The summed E-state index contributed by atoms with van der Waals surface area (Å²) in [7, 11) is 1.62. The zero-order valence-electron chi connectivity index (χ0n) is 10.8. The first-order chi connectivity index (χ1) is 9.10. The van der Waals surface area contributed by atoms with Gasteiger partial charge >= 0.3 is 5.97 Å². The number of hydrogen-bond donors (Lipinski definition) is 1. The minimum atomic E-state index is -0.849. The molecule has 2 aromatic rings. The summed E-state index contributed by atoms with van der Waals surface area (Å²) in [5, 5.41) is 8.62. The topological polar surface area (TPSA) is 72.6 Å². The molecule has 0 unspecified atom stereocenters. The third-order valence-electron chi connectivity index (χ3n) is 2.78. The third kappa shape index (κ3) is 3.13. The molecule has 0 aliphatic rings. The fourth-order valence-electron chi connectivity index (χ4n) is 1.80. The summed E-state index contributed by atoms with van der Waals surface area (Å²) >= 11 is 0. The summed E-state index contributed by atoms with van der Waals surface area (Å²) in [5.41, 5.74) is 1.84. The van der Waals surface area contributed by atoms with Gasteiger partial charge in [-0.25, -0.2) is 4.98 Å². The number of carboxylic acid groups (broad SMARTS) is 1. The fourth-order valence-corrected chi connectivity index (χ4v) is 1.80. The van der Waals surface area contributed by atoms with Crippen molar-refractivity contribution in [2.75, 3.05) is 7.11 Å². The van der Waals surface area contributed by atoms with Gasteiger partial charge < -0.3 is 14.3 Å². The summed E-state index contributed by atoms with van der Waals surface area (Å²) in [4.78, 5) is 14.6. The number of hydrogen-bond acceptors (Lipinski definition) is 4. The minimum Gasteiger partial charge on any atom is -0.496 e. The largest absolute Gasteiger partial charge is 0.496 e. The molecular formula is C14H15NO4. The molecule has 0 aliphatic carbocycles. The second-order valence-electron chi connectivity index (χ2n) is 4.21. The molecule has 1 heterocycles. The van der Waals surface area contributed by atoms with E-state index in [-0.39, 0.29) is 6.42 Å². The zero-order chi connectivity index (χ0) is 13.8. The van der Waals surface area contributed by atoms with E-state index in [0.29, 0.717) is 18.1 Å². The van der Waals surface area contributed by atoms with Gasteiger partial charge in [-0.2, -0.15) is 0 Å². The van der Waals surface area contributed by atoms with E-state index in [2.05, 4.69) is 4.98 Å². The molecule has 0 saturated carbocycles. The summed E-state index contributed by atoms with van der Waals surface area (Å²) in [6, 6.07) is 5.63. The number of aliphatic carboxylic acids is 1. The van der Waals surface area contributed by atoms with Gasteiger partial charge in [0, 0.05) is 12.0 Å². The van der Waals surface area contributed by atoms with E-state index in [1.54, 1.807) is 13.3 Å². The van der Waals surface area contributed by atoms with Crippen LogP contribution in [0.3, 0.4) is 0 Å². The average molecular weight is 261 g/mol. The Balaban J connectivity index is 2.18. The van der Waals surface area contributed by atoms with E-state index in [1.807, 2.05) is 25.1 Å². The predicted molar refractivity (Wildman–Crippen MR) is 69.2 cm³/mol. The van der Waals surface area contributed by atoms with Crippen molar-refractivity contribution in [1.82, 2.24) is 4.98 Å². The van der Waals surface area contributed by atoms with Crippen LogP contribution in [-0.2, 0) is 11.2 Å². The number of benzene rings is 1. The Hall–Kier alpha value is -2.30. The van der Waals surface area contributed by atoms with Crippen molar-refractivity contribution in [3.05, 3.63) is 35.7 Å². The number of aromatic nitrogens is 1. The summed E-state index contributed by atoms with van der Waals surface area (Å²) in [5.74, 6) is 1.02. The van der Waals surface area contributed by atoms with Crippen molar-refractivity contribution >= 4 is 5.97 Å². The van der Waals surface area contributed by atoms with Crippen molar-refractivity contribution < 1.29 is 19.1 Å². The molecular weight excluding hydrogens is 246 g/mol. The molecule has 1 N–H and O–H groups in total. The molecule has 0 amide bonds. The second-order valence-corrected chi connectivity index (χ2v) is 4.21. The van der Waals surface area contributed by atoms with Crippen LogP contribution < -0.4 is 4.74 Å². The van der Waals surface area contributed by atoms with Crippen LogP contribution in [0.2, 0.25) is 0 Å². The lowest BCUT2D eigenvalue weighted by atomic mass is 10.1. The maximum absolute atomic E-state index is 10.5. The highest BCUT2D eigenvalue weighted by molar-refractivity contribution is 5.67. The minimum absolute atomic E-state index is 0.0380. The van der Waals surface area contributed by atoms with Gasteiger partial charge in [0.25, 0.3) is 0 Å². The first-order valence-electron chi connectivity index (χ1n) is 5.91. The summed E-state index contributed by atoms with van der Waals surface area (Å²) in [6.45, 7) is 1.94. The van der Waals surface area contributed by atoms with E-state index in [1.165, 1.54) is 0 Å². The Morgan fingerprint density at radius 2 is 2.26 bits per heavy atom. The van der Waals surface area contributed by atoms with E-state index >= 15 is 0 Å². The Kier molecular flexibility index (Phi) is 3.85. The summed E-state index contributed by atoms with van der Waals surface area (Å²) < 4.78 is 10.7. The Labute approximate surface area is 110 Å². The Morgan fingerprint density at radius 1 is 1.47 bits per heavy atom. The van der Waals surface area contributed by atoms with Gasteiger partial charge in [0.2, 0.25) is 5.89 Å². The van der Waals surface area contributed by atoms with Crippen LogP contribution in [0.5, 0.6) is 5.75 Å². The molecule has 0 bridgehead atoms. The molecule has 2 rings (SSSR count). The average Bonchev–Trinajstić information content (AvgIpc) is 2.85. The van der Waals surface area contributed by atoms with Crippen LogP contribution in [0.25, 0.3) is 11.5 Å². The zero-order valence-corrected chi connectivity index (χ0v) is 10.8. The SMILES string of the molecule is COc1ccc(-c2ncc(CCC(=O)O)o2)cc1C. The van der Waals surface area contributed by atoms with Crippen LogP contribution in [0, 0.1) is 6.92 Å². The lowest BCUT2D eigenvalue weighted by molar-refractivity contribution is -0.137. The monoisotopic (exact) mass is 261 g/mol. The number of aryl methyl sites for hydroxylation is 2. The first-order valence-corrected chi connectivity index (χ1v) is 5.91. The second kappa shape index (κ2) is 5.56. The van der Waals surface area contributed by atoms with Crippen molar-refractivity contribution in [2.24, 2.45) is 0 Å². The van der Waals surface area contributed by atoms with E-state index < -0.39 is 5.97 Å². The molecule has 0 atom stereocenters. The predicted octanol–water partition coefficient (Wildman–Crippen LogP) is 2.68. The van der Waals surface area contributed by atoms with Gasteiger partial charge in [-0.3, -0.25) is 4.79 Å². The highest BCUT2D eigenvalue weighted by atomic mass is 16.5. The quantitative estimate of drug-likeness (QED) is 0.895. The van der Waals surface area contributed by atoms with Gasteiger partial charge in [-0.15, -0.1) is 0 Å². The number of carboxylic acids is 1. The number of rotatable bonds is 5. The van der Waals surface area contributed by atoms with E-state index in [4.69, 9.17) is 14.3 Å². The number of oxazole rings is 1. The Morgan fingerprint density at radius 3 is 2.89 bits per heavy atom. The van der Waals surface area contributed by atoms with Crippen molar-refractivity contribution in [3.63, 3.8) is 0 Å². The third-order valence-corrected chi connectivity index (χ3v) is 2.78. The smallest absolute Gasteiger partial charge is 0.303 e. The van der Waals surface area contributed by atoms with Crippen molar-refractivity contribution in [2.45, 2.75) is 19.8 Å². The van der Waals surface area contributed by atoms with Gasteiger partial charge in [0.1, 0.15) is 11.5 Å². The van der Waals surface area contributed by atoms with Gasteiger partial charge in [-0.1, -0.05) is 0 Å². The lowest BCUT2D eigenvalue weighted by Gasteiger charge is -2.04. The maximum Gasteiger partial charge on any atom is 0.303 e. The maximum atomic E-state index is 10.5. The van der Waals surface area contributed by atoms with Crippen LogP contribution in [0.4, 0.5) is 0 Å². The molecule has 1 aromatic heterocycles. The number of nitrogens with zero attached hydrogens (tertiary/aromatic N) is 1. The van der Waals surface area contributed by atoms with Gasteiger partial charge in [0.05, 0.1) is 19.7 Å². The van der Waals surface area contributed by atoms with Crippen LogP contribution >= 0.6 is 0 Å². The summed E-state index contributed by atoms with van der Waals surface area (Å²) in [6.07, 6.45) is 1.95. The van der Waals surface area contributed by atoms with Crippen molar-refractivity contribution in [1.29, 1.82) is 0 Å². The Bertz CT molecular complexity index is 589. The highest BCUT2D eigenvalue weighted by Crippen LogP contribution is 2.26. The molecule has 0 saturated heterocycles. The molecule has 1 aromatic carbocycles. The fraction of sp³-hybridized carbons (Fsp3) is 0.286. The molecule has 0 fully saturated rings. The van der Waals surface area contributed by atoms with Crippen LogP contribution in [-0.4, -0.2) is 23.2 Å². The molecule has 0 aliphatic heterocycles. The molecule has 100 valence electrons. The first kappa shape index (κ1) is 13.1. The molecule has 5 nitrogen and oxygen atoms in total. The van der Waals surface area contributed by atoms with E-state index in [9.17, 15) is 4.79 Å². The van der Waals surface area contributed by atoms with Crippen LogP contribution in [0.1, 0.15) is 17.7 Å². The number of carbonyl (C=O) groups is 1. The molecule has 5 heteroatoms. The standard InChI is InChI=1S/C14H15NO4/c1-9-7-10(3-5-12(9)18-2)14-15-8-11(19-14)4-6-13(16)17/h3,5,7-8H,4,6H2,1-2H3,(H,16,17). The molecule has 19 heavy (non-hydrogen) atoms. The normalized spacial score (nSPS) is 10.4. The lowest BCUT2D eigenvalue weighted by Crippen LogP contribution is -1.96. The molecule has 0 radical (unpaired) electrons. The highest BCUT2D eigenvalue weighted by Gasteiger charge is 2.09. The van der Waals surface area contributed by atoms with Gasteiger partial charge in [0.15, 0.2) is 0 Å². The van der Waals surface area contributed by atoms with Crippen molar-refractivity contribution in [3.8, 4) is 17.2 Å². The van der Waals surface area contributed by atoms with Crippen LogP contribution in [0.15, 0.2) is 28.8 Å².